The van der Waals surface area contributed by atoms with E-state index >= 15 is 0 Å². The summed E-state index contributed by atoms with van der Waals surface area (Å²) in [6.07, 6.45) is 13.2. The van der Waals surface area contributed by atoms with Gasteiger partial charge in [0, 0.05) is 30.7 Å². The van der Waals surface area contributed by atoms with Crippen molar-refractivity contribution >= 4 is 29.0 Å². The van der Waals surface area contributed by atoms with Crippen molar-refractivity contribution in [3.63, 3.8) is 0 Å². The molecule has 1 saturated carbocycles. The summed E-state index contributed by atoms with van der Waals surface area (Å²) in [7, 11) is 1.88. The van der Waals surface area contributed by atoms with Gasteiger partial charge in [-0.15, -0.1) is 0 Å². The van der Waals surface area contributed by atoms with Gasteiger partial charge in [0.05, 0.1) is 6.20 Å². The van der Waals surface area contributed by atoms with Crippen LogP contribution in [0.25, 0.3) is 5.65 Å². The highest BCUT2D eigenvalue weighted by molar-refractivity contribution is 8.00. The van der Waals surface area contributed by atoms with Crippen molar-refractivity contribution in [2.45, 2.75) is 30.4 Å². The Kier molecular flexibility index (Phi) is 3.74. The lowest BCUT2D eigenvalue weighted by Crippen LogP contribution is -2.30. The van der Waals surface area contributed by atoms with Crippen molar-refractivity contribution in [3.8, 4) is 0 Å². The summed E-state index contributed by atoms with van der Waals surface area (Å²) in [6, 6.07) is 0. The number of hydrogen-bond donors (Lipinski definition) is 2. The fourth-order valence-electron chi connectivity index (χ4n) is 2.89. The van der Waals surface area contributed by atoms with Crippen LogP contribution < -0.4 is 10.6 Å². The lowest BCUT2D eigenvalue weighted by atomic mass is 10.1. The molecule has 2 aromatic heterocycles. The van der Waals surface area contributed by atoms with E-state index in [0.29, 0.717) is 4.75 Å². The third kappa shape index (κ3) is 2.44. The number of aromatic nitrogens is 3. The van der Waals surface area contributed by atoms with E-state index in [2.05, 4.69) is 26.9 Å². The number of imidazole rings is 1. The smallest absolute Gasteiger partial charge is 0.180 e. The molecular formula is C14H21N5S. The van der Waals surface area contributed by atoms with Crippen LogP contribution in [0.5, 0.6) is 0 Å². The van der Waals surface area contributed by atoms with Gasteiger partial charge >= 0.3 is 0 Å². The van der Waals surface area contributed by atoms with Gasteiger partial charge < -0.3 is 15.0 Å². The molecule has 1 fully saturated rings. The first-order valence-electron chi connectivity index (χ1n) is 7.07. The van der Waals surface area contributed by atoms with Gasteiger partial charge in [-0.05, 0) is 19.1 Å². The molecule has 1 aliphatic carbocycles. The molecule has 0 aromatic carbocycles. The number of nitrogens with zero attached hydrogens (tertiary/aromatic N) is 3. The van der Waals surface area contributed by atoms with Gasteiger partial charge in [-0.25, -0.2) is 9.97 Å². The van der Waals surface area contributed by atoms with E-state index in [4.69, 9.17) is 0 Å². The van der Waals surface area contributed by atoms with E-state index in [-0.39, 0.29) is 0 Å². The second-order valence-electron chi connectivity index (χ2n) is 5.33. The van der Waals surface area contributed by atoms with Crippen LogP contribution in [-0.2, 0) is 0 Å². The molecular weight excluding hydrogens is 270 g/mol. The molecule has 2 heterocycles. The standard InChI is InChI=1S/C14H21N5S/c1-15-11-9-19-8-7-16-13(19)12(18-11)17-10-14(20-2)5-3-4-6-14/h7-9,15H,3-6,10H2,1-2H3,(H,17,18). The number of nitrogens with one attached hydrogen (secondary N) is 2. The van der Waals surface area contributed by atoms with Crippen LogP contribution >= 0.6 is 11.8 Å². The Hall–Kier alpha value is -1.43. The summed E-state index contributed by atoms with van der Waals surface area (Å²) in [4.78, 5) is 8.99. The van der Waals surface area contributed by atoms with Crippen LogP contribution in [0, 0.1) is 0 Å². The van der Waals surface area contributed by atoms with Crippen molar-refractivity contribution in [3.05, 3.63) is 18.6 Å². The zero-order valence-electron chi connectivity index (χ0n) is 12.0. The molecule has 5 nitrogen and oxygen atoms in total. The summed E-state index contributed by atoms with van der Waals surface area (Å²) >= 11 is 1.98. The average molecular weight is 291 g/mol. The molecule has 20 heavy (non-hydrogen) atoms. The van der Waals surface area contributed by atoms with Crippen LogP contribution in [0.1, 0.15) is 25.7 Å². The third-order valence-electron chi connectivity index (χ3n) is 4.16. The monoisotopic (exact) mass is 291 g/mol. The molecule has 0 radical (unpaired) electrons. The fourth-order valence-corrected chi connectivity index (χ4v) is 3.80. The first-order valence-corrected chi connectivity index (χ1v) is 8.29. The predicted molar refractivity (Wildman–Crippen MR) is 85.7 cm³/mol. The summed E-state index contributed by atoms with van der Waals surface area (Å²) in [5.74, 6) is 1.71. The largest absolute Gasteiger partial charge is 0.372 e. The van der Waals surface area contributed by atoms with Gasteiger partial charge in [0.2, 0.25) is 0 Å². The van der Waals surface area contributed by atoms with Crippen molar-refractivity contribution in [1.29, 1.82) is 0 Å². The van der Waals surface area contributed by atoms with Crippen molar-refractivity contribution < 1.29 is 0 Å². The summed E-state index contributed by atoms with van der Waals surface area (Å²) in [5.41, 5.74) is 0.887. The van der Waals surface area contributed by atoms with Crippen LogP contribution in [0.2, 0.25) is 0 Å². The molecule has 0 aliphatic heterocycles. The second-order valence-corrected chi connectivity index (χ2v) is 6.60. The molecule has 2 N–H and O–H groups in total. The SMILES string of the molecule is CNc1cn2ccnc2c(NCC2(SC)CCCC2)n1. The topological polar surface area (TPSA) is 54.2 Å². The fraction of sp³-hybridized carbons (Fsp3) is 0.571. The Balaban J connectivity index is 1.84. The quantitative estimate of drug-likeness (QED) is 0.887. The zero-order valence-corrected chi connectivity index (χ0v) is 12.8. The highest BCUT2D eigenvalue weighted by Gasteiger charge is 2.33. The Morgan fingerprint density at radius 1 is 1.40 bits per heavy atom. The molecule has 108 valence electrons. The van der Waals surface area contributed by atoms with Crippen LogP contribution in [-0.4, -0.2) is 39.0 Å². The van der Waals surface area contributed by atoms with E-state index in [9.17, 15) is 0 Å². The number of hydrogen-bond acceptors (Lipinski definition) is 5. The van der Waals surface area contributed by atoms with Gasteiger partial charge in [0.25, 0.3) is 0 Å². The van der Waals surface area contributed by atoms with Gasteiger partial charge in [-0.2, -0.15) is 11.8 Å². The summed E-state index contributed by atoms with van der Waals surface area (Å²) in [6.45, 7) is 0.955. The van der Waals surface area contributed by atoms with Crippen LogP contribution in [0.15, 0.2) is 18.6 Å². The number of anilines is 2. The van der Waals surface area contributed by atoms with E-state index in [0.717, 1.165) is 23.8 Å². The minimum atomic E-state index is 0.362. The molecule has 0 atom stereocenters. The Morgan fingerprint density at radius 2 is 2.20 bits per heavy atom. The molecule has 6 heteroatoms. The average Bonchev–Trinajstić information content (AvgIpc) is 3.14. The molecule has 3 rings (SSSR count). The lowest BCUT2D eigenvalue weighted by Gasteiger charge is -2.27. The molecule has 0 saturated heterocycles. The minimum Gasteiger partial charge on any atom is -0.372 e. The van der Waals surface area contributed by atoms with E-state index < -0.39 is 0 Å². The van der Waals surface area contributed by atoms with Gasteiger partial charge in [-0.1, -0.05) is 12.8 Å². The van der Waals surface area contributed by atoms with Gasteiger partial charge in [0.1, 0.15) is 5.82 Å². The van der Waals surface area contributed by atoms with Gasteiger partial charge in [0.15, 0.2) is 11.5 Å². The second kappa shape index (κ2) is 5.52. The molecule has 1 aliphatic rings. The van der Waals surface area contributed by atoms with E-state index in [1.807, 2.05) is 41.8 Å². The van der Waals surface area contributed by atoms with E-state index in [1.165, 1.54) is 25.7 Å². The Morgan fingerprint density at radius 3 is 2.90 bits per heavy atom. The number of thioether (sulfide) groups is 1. The molecule has 0 bridgehead atoms. The van der Waals surface area contributed by atoms with Crippen molar-refractivity contribution in [1.82, 2.24) is 14.4 Å². The molecule has 0 unspecified atom stereocenters. The first-order chi connectivity index (χ1) is 9.76. The first kappa shape index (κ1) is 13.5. The summed E-state index contributed by atoms with van der Waals surface area (Å²) < 4.78 is 2.36. The lowest BCUT2D eigenvalue weighted by molar-refractivity contribution is 0.639. The maximum Gasteiger partial charge on any atom is 0.180 e. The maximum atomic E-state index is 4.60. The molecule has 0 amide bonds. The highest BCUT2D eigenvalue weighted by atomic mass is 32.2. The normalized spacial score (nSPS) is 17.5. The molecule has 2 aromatic rings. The maximum absolute atomic E-state index is 4.60. The van der Waals surface area contributed by atoms with Gasteiger partial charge in [-0.3, -0.25) is 0 Å². The minimum absolute atomic E-state index is 0.362. The van der Waals surface area contributed by atoms with Crippen LogP contribution in [0.4, 0.5) is 11.6 Å². The third-order valence-corrected chi connectivity index (χ3v) is 5.57. The van der Waals surface area contributed by atoms with Crippen LogP contribution in [0.3, 0.4) is 0 Å². The number of fused-ring (bicyclic) bond motifs is 1. The van der Waals surface area contributed by atoms with Crippen molar-refractivity contribution in [2.75, 3.05) is 30.5 Å². The highest BCUT2D eigenvalue weighted by Crippen LogP contribution is 2.40. The van der Waals surface area contributed by atoms with Crippen molar-refractivity contribution in [2.24, 2.45) is 0 Å². The summed E-state index contributed by atoms with van der Waals surface area (Å²) in [5, 5.41) is 6.62. The number of rotatable bonds is 5. The zero-order chi connectivity index (χ0) is 14.0. The Bertz CT molecular complexity index is 588. The Labute approximate surface area is 123 Å². The van der Waals surface area contributed by atoms with E-state index in [1.54, 1.807) is 0 Å². The predicted octanol–water partition coefficient (Wildman–Crippen LogP) is 2.86. The molecule has 0 spiro atoms.